The Bertz CT molecular complexity index is 959. The Kier molecular flexibility index (Phi) is 4.12. The standard InChI is InChI=1S/C19H18N4O3/c1-13(24)22-8-10-23(11-9-22)19(25)14-5-6-17-16(12-14)21-18(26-17)15-4-2-3-7-20-15/h2-7,12H,8-11H2,1H3. The van der Waals surface area contributed by atoms with Crippen LogP contribution in [0.4, 0.5) is 0 Å². The van der Waals surface area contributed by atoms with Gasteiger partial charge in [0.05, 0.1) is 0 Å². The molecule has 7 nitrogen and oxygen atoms in total. The van der Waals surface area contributed by atoms with Gasteiger partial charge >= 0.3 is 0 Å². The first-order chi connectivity index (χ1) is 12.6. The summed E-state index contributed by atoms with van der Waals surface area (Å²) < 4.78 is 5.73. The number of oxazole rings is 1. The Hall–Kier alpha value is -3.22. The molecule has 1 saturated heterocycles. The maximum absolute atomic E-state index is 12.7. The molecule has 1 fully saturated rings. The van der Waals surface area contributed by atoms with Crippen molar-refractivity contribution in [3.05, 3.63) is 48.2 Å². The summed E-state index contributed by atoms with van der Waals surface area (Å²) in [5.41, 5.74) is 2.45. The molecule has 1 aliphatic heterocycles. The van der Waals surface area contributed by atoms with Gasteiger partial charge in [0, 0.05) is 44.9 Å². The second-order valence-electron chi connectivity index (χ2n) is 6.21. The lowest BCUT2D eigenvalue weighted by Crippen LogP contribution is -2.50. The van der Waals surface area contributed by atoms with Gasteiger partial charge in [-0.05, 0) is 30.3 Å². The normalized spacial score (nSPS) is 14.7. The second-order valence-corrected chi connectivity index (χ2v) is 6.21. The van der Waals surface area contributed by atoms with Crippen molar-refractivity contribution in [3.8, 4) is 11.6 Å². The average molecular weight is 350 g/mol. The molecular weight excluding hydrogens is 332 g/mol. The van der Waals surface area contributed by atoms with E-state index in [1.807, 2.05) is 18.2 Å². The highest BCUT2D eigenvalue weighted by atomic mass is 16.3. The van der Waals surface area contributed by atoms with E-state index in [4.69, 9.17) is 4.42 Å². The maximum atomic E-state index is 12.7. The van der Waals surface area contributed by atoms with E-state index in [1.165, 1.54) is 0 Å². The van der Waals surface area contributed by atoms with Crippen molar-refractivity contribution >= 4 is 22.9 Å². The Balaban J connectivity index is 1.56. The number of rotatable bonds is 2. The van der Waals surface area contributed by atoms with Crippen LogP contribution < -0.4 is 0 Å². The van der Waals surface area contributed by atoms with Crippen LogP contribution in [0.25, 0.3) is 22.7 Å². The Morgan fingerprint density at radius 1 is 1.04 bits per heavy atom. The van der Waals surface area contributed by atoms with Crippen molar-refractivity contribution in [2.24, 2.45) is 0 Å². The summed E-state index contributed by atoms with van der Waals surface area (Å²) in [6.07, 6.45) is 1.68. The van der Waals surface area contributed by atoms with Crippen molar-refractivity contribution < 1.29 is 14.0 Å². The van der Waals surface area contributed by atoms with Crippen LogP contribution in [0.3, 0.4) is 0 Å². The predicted molar refractivity (Wildman–Crippen MR) is 95.4 cm³/mol. The molecule has 2 amide bonds. The maximum Gasteiger partial charge on any atom is 0.254 e. The topological polar surface area (TPSA) is 79.5 Å². The largest absolute Gasteiger partial charge is 0.435 e. The van der Waals surface area contributed by atoms with Gasteiger partial charge in [-0.3, -0.25) is 14.6 Å². The highest BCUT2D eigenvalue weighted by Crippen LogP contribution is 2.24. The SMILES string of the molecule is CC(=O)N1CCN(C(=O)c2ccc3oc(-c4ccccn4)nc3c2)CC1. The molecule has 0 radical (unpaired) electrons. The fourth-order valence-corrected chi connectivity index (χ4v) is 3.07. The minimum atomic E-state index is -0.0579. The van der Waals surface area contributed by atoms with Crippen molar-refractivity contribution in [2.45, 2.75) is 6.92 Å². The molecule has 0 saturated carbocycles. The van der Waals surface area contributed by atoms with Gasteiger partial charge in [0.25, 0.3) is 5.91 Å². The molecule has 7 heteroatoms. The number of fused-ring (bicyclic) bond motifs is 1. The fourth-order valence-electron chi connectivity index (χ4n) is 3.07. The van der Waals surface area contributed by atoms with E-state index in [1.54, 1.807) is 41.1 Å². The van der Waals surface area contributed by atoms with E-state index < -0.39 is 0 Å². The van der Waals surface area contributed by atoms with Crippen molar-refractivity contribution in [3.63, 3.8) is 0 Å². The van der Waals surface area contributed by atoms with Gasteiger partial charge in [0.15, 0.2) is 5.58 Å². The van der Waals surface area contributed by atoms with Crippen LogP contribution in [0.5, 0.6) is 0 Å². The first-order valence-corrected chi connectivity index (χ1v) is 8.48. The smallest absolute Gasteiger partial charge is 0.254 e. The summed E-state index contributed by atoms with van der Waals surface area (Å²) in [5, 5.41) is 0. The Morgan fingerprint density at radius 2 is 1.81 bits per heavy atom. The summed E-state index contributed by atoms with van der Waals surface area (Å²) in [4.78, 5) is 36.4. The second kappa shape index (κ2) is 6.59. The fraction of sp³-hybridized carbons (Fsp3) is 0.263. The van der Waals surface area contributed by atoms with E-state index in [9.17, 15) is 9.59 Å². The summed E-state index contributed by atoms with van der Waals surface area (Å²) in [6, 6.07) is 10.8. The molecule has 3 aromatic rings. The average Bonchev–Trinajstić information content (AvgIpc) is 3.11. The lowest BCUT2D eigenvalue weighted by molar-refractivity contribution is -0.130. The third-order valence-corrected chi connectivity index (χ3v) is 4.53. The number of hydrogen-bond donors (Lipinski definition) is 0. The van der Waals surface area contributed by atoms with Crippen LogP contribution >= 0.6 is 0 Å². The number of aromatic nitrogens is 2. The van der Waals surface area contributed by atoms with Gasteiger partial charge in [-0.25, -0.2) is 4.98 Å². The van der Waals surface area contributed by atoms with Gasteiger partial charge in [0.1, 0.15) is 11.2 Å². The van der Waals surface area contributed by atoms with E-state index in [-0.39, 0.29) is 11.8 Å². The van der Waals surface area contributed by atoms with Crippen molar-refractivity contribution in [1.29, 1.82) is 0 Å². The van der Waals surface area contributed by atoms with Gasteiger partial charge in [-0.15, -0.1) is 0 Å². The van der Waals surface area contributed by atoms with E-state index >= 15 is 0 Å². The summed E-state index contributed by atoms with van der Waals surface area (Å²) in [5.74, 6) is 0.418. The van der Waals surface area contributed by atoms with Crippen LogP contribution in [0.1, 0.15) is 17.3 Å². The van der Waals surface area contributed by atoms with Gasteiger partial charge in [-0.2, -0.15) is 0 Å². The third-order valence-electron chi connectivity index (χ3n) is 4.53. The molecule has 0 N–H and O–H groups in total. The number of benzene rings is 1. The highest BCUT2D eigenvalue weighted by Gasteiger charge is 2.23. The van der Waals surface area contributed by atoms with Crippen LogP contribution in [0.2, 0.25) is 0 Å². The first kappa shape index (κ1) is 16.3. The molecule has 4 rings (SSSR count). The van der Waals surface area contributed by atoms with Crippen molar-refractivity contribution in [2.75, 3.05) is 26.2 Å². The third kappa shape index (κ3) is 3.03. The molecule has 0 bridgehead atoms. The Morgan fingerprint density at radius 3 is 2.50 bits per heavy atom. The monoisotopic (exact) mass is 350 g/mol. The number of carbonyl (C=O) groups is 2. The minimum absolute atomic E-state index is 0.0446. The Labute approximate surface area is 150 Å². The number of amides is 2. The number of nitrogens with zero attached hydrogens (tertiary/aromatic N) is 4. The van der Waals surface area contributed by atoms with E-state index in [2.05, 4.69) is 9.97 Å². The number of carbonyl (C=O) groups excluding carboxylic acids is 2. The predicted octanol–water partition coefficient (Wildman–Crippen LogP) is 2.19. The first-order valence-electron chi connectivity index (χ1n) is 8.48. The summed E-state index contributed by atoms with van der Waals surface area (Å²) in [6.45, 7) is 3.76. The number of pyridine rings is 1. The molecule has 3 heterocycles. The zero-order valence-electron chi connectivity index (χ0n) is 14.4. The number of piperazine rings is 1. The van der Waals surface area contributed by atoms with Crippen LogP contribution in [-0.2, 0) is 4.79 Å². The lowest BCUT2D eigenvalue weighted by atomic mass is 10.1. The quantitative estimate of drug-likeness (QED) is 0.708. The molecule has 0 spiro atoms. The van der Waals surface area contributed by atoms with Gasteiger partial charge in [-0.1, -0.05) is 6.07 Å². The molecular formula is C19H18N4O3. The molecule has 26 heavy (non-hydrogen) atoms. The van der Waals surface area contributed by atoms with Crippen LogP contribution in [-0.4, -0.2) is 57.8 Å². The molecule has 0 aliphatic carbocycles. The molecule has 1 aliphatic rings. The summed E-state index contributed by atoms with van der Waals surface area (Å²) in [7, 11) is 0. The minimum Gasteiger partial charge on any atom is -0.435 e. The lowest BCUT2D eigenvalue weighted by Gasteiger charge is -2.34. The highest BCUT2D eigenvalue weighted by molar-refractivity contribution is 5.97. The van der Waals surface area contributed by atoms with Gasteiger partial charge in [0.2, 0.25) is 11.8 Å². The van der Waals surface area contributed by atoms with Gasteiger partial charge < -0.3 is 14.2 Å². The zero-order chi connectivity index (χ0) is 18.1. The molecule has 2 aromatic heterocycles. The van der Waals surface area contributed by atoms with Crippen LogP contribution in [0, 0.1) is 0 Å². The molecule has 1 aromatic carbocycles. The van der Waals surface area contributed by atoms with E-state index in [0.717, 1.165) is 0 Å². The summed E-state index contributed by atoms with van der Waals surface area (Å²) >= 11 is 0. The molecule has 132 valence electrons. The zero-order valence-corrected chi connectivity index (χ0v) is 14.4. The van der Waals surface area contributed by atoms with Crippen LogP contribution in [0.15, 0.2) is 47.0 Å². The number of hydrogen-bond acceptors (Lipinski definition) is 5. The van der Waals surface area contributed by atoms with Crippen molar-refractivity contribution in [1.82, 2.24) is 19.8 Å². The van der Waals surface area contributed by atoms with E-state index in [0.29, 0.717) is 54.4 Å². The molecule has 0 atom stereocenters. The molecule has 0 unspecified atom stereocenters.